The van der Waals surface area contributed by atoms with Crippen molar-refractivity contribution >= 4 is 12.3 Å². The first-order chi connectivity index (χ1) is 16.3. The Morgan fingerprint density at radius 2 is 1.69 bits per heavy atom. The van der Waals surface area contributed by atoms with Gasteiger partial charge in [-0.15, -0.1) is 0 Å². The van der Waals surface area contributed by atoms with Crippen molar-refractivity contribution in [1.29, 1.82) is 0 Å². The van der Waals surface area contributed by atoms with Crippen LogP contribution < -0.4 is 0 Å². The van der Waals surface area contributed by atoms with Gasteiger partial charge in [0.1, 0.15) is 6.29 Å². The minimum atomic E-state index is -0.713. The molecule has 4 saturated carbocycles. The van der Waals surface area contributed by atoms with Crippen LogP contribution in [0.1, 0.15) is 98.8 Å². The first kappa shape index (κ1) is 25.4. The molecule has 0 amide bonds. The van der Waals surface area contributed by atoms with E-state index in [0.717, 1.165) is 51.2 Å². The number of hydrogen-bond acceptors (Lipinski definition) is 4. The van der Waals surface area contributed by atoms with E-state index in [0.29, 0.717) is 25.2 Å². The summed E-state index contributed by atoms with van der Waals surface area (Å²) in [7, 11) is 0. The van der Waals surface area contributed by atoms with Crippen LogP contribution in [-0.2, 0) is 9.59 Å². The Morgan fingerprint density at radius 3 is 2.31 bits per heavy atom. The maximum atomic E-state index is 12.8. The normalized spacial score (nSPS) is 55.5. The number of aliphatic hydroxyl groups excluding tert-OH is 2. The monoisotopic (exact) mass is 486 g/mol. The molecule has 0 spiro atoms. The molecule has 0 aromatic carbocycles. The number of aliphatic carboxylic acids is 1. The molecule has 5 rings (SSSR count). The molecule has 5 aliphatic rings. The second-order valence-electron chi connectivity index (χ2n) is 14.5. The van der Waals surface area contributed by atoms with Gasteiger partial charge < -0.3 is 20.1 Å². The summed E-state index contributed by atoms with van der Waals surface area (Å²) < 4.78 is 0. The lowest BCUT2D eigenvalue weighted by Crippen LogP contribution is -2.65. The number of allylic oxidation sites excluding steroid dienone is 2. The Balaban J connectivity index is 1.60. The molecule has 0 heterocycles. The summed E-state index contributed by atoms with van der Waals surface area (Å²) >= 11 is 0. The van der Waals surface area contributed by atoms with Crippen molar-refractivity contribution in [2.75, 3.05) is 6.61 Å². The standard InChI is InChI=1S/C30H46O5/c1-25(17-31)12-14-30(24(34)35)15-13-28(4)19(20(30)16-25)6-7-22-26(2)10-9-23(33)27(3,18-32)21(26)8-11-29(22,28)5/h6,18,20-23,31,33H,7-17H2,1-5H3,(H,34,35)/t20-,21?,22-,23+,25?,26+,27?,28-,29-,30+/m1/s1. The summed E-state index contributed by atoms with van der Waals surface area (Å²) in [4.78, 5) is 25.1. The van der Waals surface area contributed by atoms with E-state index >= 15 is 0 Å². The number of carbonyl (C=O) groups excluding carboxylic acids is 1. The Bertz CT molecular complexity index is 958. The van der Waals surface area contributed by atoms with Gasteiger partial charge in [0.25, 0.3) is 0 Å². The molecular weight excluding hydrogens is 440 g/mol. The Labute approximate surface area is 210 Å². The summed E-state index contributed by atoms with van der Waals surface area (Å²) in [6.07, 6.45) is 11.1. The number of rotatable bonds is 3. The molecule has 35 heavy (non-hydrogen) atoms. The summed E-state index contributed by atoms with van der Waals surface area (Å²) in [6, 6.07) is 0. The Hall–Kier alpha value is -1.20. The van der Waals surface area contributed by atoms with Crippen LogP contribution >= 0.6 is 0 Å². The highest BCUT2D eigenvalue weighted by atomic mass is 16.4. The minimum Gasteiger partial charge on any atom is -0.481 e. The van der Waals surface area contributed by atoms with Crippen LogP contribution in [0.5, 0.6) is 0 Å². The first-order valence-electron chi connectivity index (χ1n) is 14.0. The number of fused-ring (bicyclic) bond motifs is 7. The molecule has 0 aliphatic heterocycles. The predicted octanol–water partition coefficient (Wildman–Crippen LogP) is 5.39. The average molecular weight is 487 g/mol. The number of carbonyl (C=O) groups is 2. The maximum Gasteiger partial charge on any atom is 0.310 e. The van der Waals surface area contributed by atoms with Crippen molar-refractivity contribution in [3.63, 3.8) is 0 Å². The molecular formula is C30H46O5. The fourth-order valence-corrected chi connectivity index (χ4v) is 10.6. The van der Waals surface area contributed by atoms with Gasteiger partial charge in [-0.05, 0) is 104 Å². The fraction of sp³-hybridized carbons (Fsp3) is 0.867. The van der Waals surface area contributed by atoms with Gasteiger partial charge in [0.05, 0.1) is 16.9 Å². The van der Waals surface area contributed by atoms with Gasteiger partial charge in [0, 0.05) is 6.61 Å². The summed E-state index contributed by atoms with van der Waals surface area (Å²) in [5, 5.41) is 31.5. The summed E-state index contributed by atoms with van der Waals surface area (Å²) in [5.41, 5.74) is -0.386. The Morgan fingerprint density at radius 1 is 1.00 bits per heavy atom. The quantitative estimate of drug-likeness (QED) is 0.367. The molecule has 3 N–H and O–H groups in total. The second kappa shape index (κ2) is 7.66. The molecule has 4 fully saturated rings. The molecule has 0 saturated heterocycles. The van der Waals surface area contributed by atoms with Crippen molar-refractivity contribution in [2.45, 2.75) is 105 Å². The Kier molecular flexibility index (Phi) is 5.57. The third-order valence-electron chi connectivity index (χ3n) is 13.3. The highest BCUT2D eigenvalue weighted by Crippen LogP contribution is 2.75. The van der Waals surface area contributed by atoms with E-state index in [4.69, 9.17) is 0 Å². The number of aldehydes is 1. The van der Waals surface area contributed by atoms with Gasteiger partial charge in [-0.2, -0.15) is 0 Å². The van der Waals surface area contributed by atoms with Crippen LogP contribution in [0.2, 0.25) is 0 Å². The third kappa shape index (κ3) is 3.00. The molecule has 0 aromatic heterocycles. The molecule has 0 bridgehead atoms. The lowest BCUT2D eigenvalue weighted by Gasteiger charge is -2.70. The zero-order chi connectivity index (χ0) is 25.7. The molecule has 5 heteroatoms. The number of carboxylic acid groups (broad SMARTS) is 1. The van der Waals surface area contributed by atoms with Gasteiger partial charge in [-0.1, -0.05) is 46.3 Å². The van der Waals surface area contributed by atoms with Crippen LogP contribution in [0.25, 0.3) is 0 Å². The van der Waals surface area contributed by atoms with E-state index in [-0.39, 0.29) is 40.1 Å². The zero-order valence-corrected chi connectivity index (χ0v) is 22.4. The van der Waals surface area contributed by atoms with Crippen molar-refractivity contribution in [2.24, 2.45) is 50.2 Å². The topological polar surface area (TPSA) is 94.8 Å². The maximum absolute atomic E-state index is 12.8. The molecule has 5 aliphatic carbocycles. The van der Waals surface area contributed by atoms with Crippen molar-refractivity contribution in [3.05, 3.63) is 11.6 Å². The molecule has 0 aromatic rings. The summed E-state index contributed by atoms with van der Waals surface area (Å²) in [5.74, 6) is -0.112. The van der Waals surface area contributed by atoms with Gasteiger partial charge in [-0.3, -0.25) is 4.79 Å². The predicted molar refractivity (Wildman–Crippen MR) is 134 cm³/mol. The molecule has 10 atom stereocenters. The van der Waals surface area contributed by atoms with Crippen molar-refractivity contribution < 1.29 is 24.9 Å². The van der Waals surface area contributed by atoms with E-state index in [1.54, 1.807) is 0 Å². The van der Waals surface area contributed by atoms with Crippen LogP contribution in [0.4, 0.5) is 0 Å². The smallest absolute Gasteiger partial charge is 0.310 e. The van der Waals surface area contributed by atoms with Crippen LogP contribution in [0.3, 0.4) is 0 Å². The zero-order valence-electron chi connectivity index (χ0n) is 22.4. The molecule has 196 valence electrons. The lowest BCUT2D eigenvalue weighted by molar-refractivity contribution is -0.205. The second-order valence-corrected chi connectivity index (χ2v) is 14.5. The van der Waals surface area contributed by atoms with Crippen LogP contribution in [-0.4, -0.2) is 40.3 Å². The first-order valence-corrected chi connectivity index (χ1v) is 14.0. The van der Waals surface area contributed by atoms with Gasteiger partial charge in [0.2, 0.25) is 0 Å². The highest BCUT2D eigenvalue weighted by Gasteiger charge is 2.69. The van der Waals surface area contributed by atoms with E-state index in [1.165, 1.54) is 5.57 Å². The van der Waals surface area contributed by atoms with Crippen LogP contribution in [0.15, 0.2) is 11.6 Å². The SMILES string of the molecule is CC1(CO)CC[C@]2(C(=O)O)CC[C@]3(C)C(=CC[C@@H]4[C@@]5(C)CC[C@H](O)C(C)(C=O)C5CC[C@]43C)[C@H]2C1. The number of carboxylic acids is 1. The average Bonchev–Trinajstić information content (AvgIpc) is 2.82. The fourth-order valence-electron chi connectivity index (χ4n) is 10.6. The molecule has 3 unspecified atom stereocenters. The third-order valence-corrected chi connectivity index (χ3v) is 13.3. The molecule has 5 nitrogen and oxygen atoms in total. The molecule has 0 radical (unpaired) electrons. The number of hydrogen-bond donors (Lipinski definition) is 3. The highest BCUT2D eigenvalue weighted by molar-refractivity contribution is 5.76. The van der Waals surface area contributed by atoms with Gasteiger partial charge >= 0.3 is 5.97 Å². The number of aliphatic hydroxyl groups is 2. The van der Waals surface area contributed by atoms with Crippen LogP contribution in [0, 0.1) is 50.2 Å². The minimum absolute atomic E-state index is 0.0200. The van der Waals surface area contributed by atoms with E-state index in [9.17, 15) is 24.9 Å². The van der Waals surface area contributed by atoms with Crippen molar-refractivity contribution in [3.8, 4) is 0 Å². The van der Waals surface area contributed by atoms with E-state index in [2.05, 4.69) is 33.8 Å². The van der Waals surface area contributed by atoms with E-state index in [1.807, 2.05) is 6.92 Å². The van der Waals surface area contributed by atoms with Gasteiger partial charge in [-0.25, -0.2) is 0 Å². The summed E-state index contributed by atoms with van der Waals surface area (Å²) in [6.45, 7) is 11.4. The largest absolute Gasteiger partial charge is 0.481 e. The van der Waals surface area contributed by atoms with Gasteiger partial charge in [0.15, 0.2) is 0 Å². The van der Waals surface area contributed by atoms with E-state index < -0.39 is 22.9 Å². The lowest BCUT2D eigenvalue weighted by atomic mass is 9.33. The van der Waals surface area contributed by atoms with Crippen molar-refractivity contribution in [1.82, 2.24) is 0 Å².